The summed E-state index contributed by atoms with van der Waals surface area (Å²) in [7, 11) is 0. The van der Waals surface area contributed by atoms with Crippen LogP contribution in [0.15, 0.2) is 63.9 Å². The van der Waals surface area contributed by atoms with Crippen molar-refractivity contribution in [1.29, 1.82) is 0 Å². The molecule has 0 atom stereocenters. The minimum Gasteiger partial charge on any atom is -0.311 e. The van der Waals surface area contributed by atoms with E-state index in [1.54, 1.807) is 30.0 Å². The molecule has 8 heteroatoms. The Morgan fingerprint density at radius 1 is 1.23 bits per heavy atom. The third-order valence-electron chi connectivity index (χ3n) is 5.36. The van der Waals surface area contributed by atoms with Crippen LogP contribution in [0.4, 0.5) is 10.1 Å². The van der Waals surface area contributed by atoms with E-state index in [0.29, 0.717) is 33.2 Å². The second kappa shape index (κ2) is 7.94. The van der Waals surface area contributed by atoms with E-state index < -0.39 is 0 Å². The van der Waals surface area contributed by atoms with Crippen LogP contribution in [0.3, 0.4) is 0 Å². The van der Waals surface area contributed by atoms with Crippen molar-refractivity contribution in [2.45, 2.75) is 18.5 Å². The maximum absolute atomic E-state index is 13.8. The van der Waals surface area contributed by atoms with Gasteiger partial charge in [-0.25, -0.2) is 9.37 Å². The lowest BCUT2D eigenvalue weighted by atomic mass is 10.2. The number of aromatic nitrogens is 2. The molecule has 0 radical (unpaired) electrons. The number of carbonyl (C=O) groups excluding carboxylic acids is 1. The Balaban J connectivity index is 1.50. The van der Waals surface area contributed by atoms with E-state index >= 15 is 0 Å². The number of fused-ring (bicyclic) bond motifs is 2. The number of halogens is 1. The highest BCUT2D eigenvalue weighted by Crippen LogP contribution is 2.29. The number of amides is 1. The number of benzene rings is 2. The number of aryl methyl sites for hydroxylation is 1. The third-order valence-corrected chi connectivity index (χ3v) is 7.18. The van der Waals surface area contributed by atoms with Crippen LogP contribution in [0.5, 0.6) is 0 Å². The molecule has 0 saturated carbocycles. The van der Waals surface area contributed by atoms with Crippen LogP contribution in [-0.4, -0.2) is 27.8 Å². The fourth-order valence-corrected chi connectivity index (χ4v) is 5.43. The van der Waals surface area contributed by atoms with Crippen molar-refractivity contribution in [2.24, 2.45) is 0 Å². The van der Waals surface area contributed by atoms with Gasteiger partial charge in [0.2, 0.25) is 5.91 Å². The smallest absolute Gasteiger partial charge is 0.276 e. The predicted octanol–water partition coefficient (Wildman–Crippen LogP) is 4.58. The summed E-state index contributed by atoms with van der Waals surface area (Å²) in [6, 6.07) is 14.2. The first-order chi connectivity index (χ1) is 15.0. The molecule has 0 fully saturated rings. The molecule has 2 aromatic heterocycles. The molecule has 2 aromatic carbocycles. The van der Waals surface area contributed by atoms with Crippen molar-refractivity contribution < 1.29 is 9.18 Å². The molecular formula is C23H18FN3O2S2. The van der Waals surface area contributed by atoms with E-state index in [4.69, 9.17) is 0 Å². The van der Waals surface area contributed by atoms with Crippen LogP contribution in [0, 0.1) is 12.7 Å². The topological polar surface area (TPSA) is 55.2 Å². The molecule has 1 amide bonds. The summed E-state index contributed by atoms with van der Waals surface area (Å²) in [5, 5.41) is 2.24. The van der Waals surface area contributed by atoms with Gasteiger partial charge in [-0.05, 0) is 60.2 Å². The van der Waals surface area contributed by atoms with Gasteiger partial charge in [0, 0.05) is 12.2 Å². The Labute approximate surface area is 186 Å². The SMILES string of the molecule is Cc1cc(-n2c(SCC(=O)N3CCc4ccccc43)nc3ccsc3c2=O)ccc1F. The number of para-hydroxylation sites is 1. The first-order valence-corrected chi connectivity index (χ1v) is 11.7. The predicted molar refractivity (Wildman–Crippen MR) is 123 cm³/mol. The largest absolute Gasteiger partial charge is 0.311 e. The normalized spacial score (nSPS) is 13.0. The molecular weight excluding hydrogens is 433 g/mol. The molecule has 0 N–H and O–H groups in total. The van der Waals surface area contributed by atoms with Crippen molar-refractivity contribution >= 4 is 44.9 Å². The first kappa shape index (κ1) is 20.0. The monoisotopic (exact) mass is 451 g/mol. The molecule has 0 bridgehead atoms. The Morgan fingerprint density at radius 2 is 2.06 bits per heavy atom. The molecule has 0 unspecified atom stereocenters. The molecule has 3 heterocycles. The zero-order valence-corrected chi connectivity index (χ0v) is 18.3. The summed E-state index contributed by atoms with van der Waals surface area (Å²) in [4.78, 5) is 32.6. The molecule has 156 valence electrons. The van der Waals surface area contributed by atoms with Gasteiger partial charge in [-0.2, -0.15) is 0 Å². The zero-order chi connectivity index (χ0) is 21.5. The second-order valence-electron chi connectivity index (χ2n) is 7.32. The quantitative estimate of drug-likeness (QED) is 0.337. The number of thiophene rings is 1. The van der Waals surface area contributed by atoms with Crippen molar-refractivity contribution in [3.8, 4) is 5.69 Å². The van der Waals surface area contributed by atoms with E-state index in [9.17, 15) is 14.0 Å². The van der Waals surface area contributed by atoms with E-state index in [0.717, 1.165) is 17.7 Å². The van der Waals surface area contributed by atoms with E-state index in [1.165, 1.54) is 33.7 Å². The molecule has 0 aliphatic carbocycles. The lowest BCUT2D eigenvalue weighted by Crippen LogP contribution is -2.31. The molecule has 0 spiro atoms. The van der Waals surface area contributed by atoms with Crippen LogP contribution in [0.1, 0.15) is 11.1 Å². The van der Waals surface area contributed by atoms with Gasteiger partial charge in [0.15, 0.2) is 5.16 Å². The Kier molecular flexibility index (Phi) is 5.11. The van der Waals surface area contributed by atoms with Crippen molar-refractivity contribution in [2.75, 3.05) is 17.2 Å². The van der Waals surface area contributed by atoms with E-state index in [-0.39, 0.29) is 23.0 Å². The lowest BCUT2D eigenvalue weighted by molar-refractivity contribution is -0.116. The summed E-state index contributed by atoms with van der Waals surface area (Å²) >= 11 is 2.55. The highest BCUT2D eigenvalue weighted by atomic mass is 32.2. The average Bonchev–Trinajstić information content (AvgIpc) is 3.41. The second-order valence-corrected chi connectivity index (χ2v) is 9.17. The van der Waals surface area contributed by atoms with Gasteiger partial charge in [0.05, 0.1) is 17.0 Å². The lowest BCUT2D eigenvalue weighted by Gasteiger charge is -2.18. The fourth-order valence-electron chi connectivity index (χ4n) is 3.79. The van der Waals surface area contributed by atoms with Crippen LogP contribution >= 0.6 is 23.1 Å². The Bertz CT molecular complexity index is 1380. The number of carbonyl (C=O) groups is 1. The van der Waals surface area contributed by atoms with Gasteiger partial charge < -0.3 is 4.90 Å². The highest BCUT2D eigenvalue weighted by molar-refractivity contribution is 7.99. The van der Waals surface area contributed by atoms with Crippen molar-refractivity contribution in [3.63, 3.8) is 0 Å². The number of nitrogens with zero attached hydrogens (tertiary/aromatic N) is 3. The summed E-state index contributed by atoms with van der Waals surface area (Å²) in [6.45, 7) is 2.31. The Morgan fingerprint density at radius 3 is 2.90 bits per heavy atom. The van der Waals surface area contributed by atoms with Gasteiger partial charge >= 0.3 is 0 Å². The third kappa shape index (κ3) is 3.55. The minimum absolute atomic E-state index is 0.0311. The van der Waals surface area contributed by atoms with Crippen molar-refractivity contribution in [3.05, 3.63) is 81.2 Å². The molecule has 5 nitrogen and oxygen atoms in total. The van der Waals surface area contributed by atoms with Crippen LogP contribution in [0.25, 0.3) is 15.9 Å². The number of hydrogen-bond acceptors (Lipinski definition) is 5. The van der Waals surface area contributed by atoms with Crippen LogP contribution < -0.4 is 10.5 Å². The molecule has 5 rings (SSSR count). The molecule has 0 saturated heterocycles. The van der Waals surface area contributed by atoms with E-state index in [2.05, 4.69) is 4.98 Å². The zero-order valence-electron chi connectivity index (χ0n) is 16.7. The van der Waals surface area contributed by atoms with Gasteiger partial charge in [0.1, 0.15) is 10.5 Å². The number of hydrogen-bond donors (Lipinski definition) is 0. The van der Waals surface area contributed by atoms with Gasteiger partial charge in [0.25, 0.3) is 5.56 Å². The van der Waals surface area contributed by atoms with Crippen molar-refractivity contribution in [1.82, 2.24) is 9.55 Å². The Hall–Kier alpha value is -2.97. The standard InChI is InChI=1S/C23H18FN3O2S2/c1-14-12-16(6-7-17(14)24)27-22(29)21-18(9-11-30-21)25-23(27)31-13-20(28)26-10-8-15-4-2-3-5-19(15)26/h2-7,9,11-12H,8,10,13H2,1H3. The van der Waals surface area contributed by atoms with E-state index in [1.807, 2.05) is 29.6 Å². The first-order valence-electron chi connectivity index (χ1n) is 9.81. The molecule has 4 aromatic rings. The number of anilines is 1. The van der Waals surface area contributed by atoms with Gasteiger partial charge in [-0.3, -0.25) is 14.2 Å². The molecule has 1 aliphatic heterocycles. The van der Waals surface area contributed by atoms with Gasteiger partial charge in [-0.15, -0.1) is 11.3 Å². The molecule has 1 aliphatic rings. The summed E-state index contributed by atoms with van der Waals surface area (Å²) < 4.78 is 15.8. The molecule has 31 heavy (non-hydrogen) atoms. The summed E-state index contributed by atoms with van der Waals surface area (Å²) in [6.07, 6.45) is 0.839. The fraction of sp³-hybridized carbons (Fsp3) is 0.174. The average molecular weight is 452 g/mol. The highest BCUT2D eigenvalue weighted by Gasteiger charge is 2.25. The maximum atomic E-state index is 13.8. The number of rotatable bonds is 4. The summed E-state index contributed by atoms with van der Waals surface area (Å²) in [5.74, 6) is -0.216. The summed E-state index contributed by atoms with van der Waals surface area (Å²) in [5.41, 5.74) is 3.47. The number of thioether (sulfide) groups is 1. The van der Waals surface area contributed by atoms with Gasteiger partial charge in [-0.1, -0.05) is 30.0 Å². The maximum Gasteiger partial charge on any atom is 0.276 e. The minimum atomic E-state index is -0.334. The van der Waals surface area contributed by atoms with Crippen LogP contribution in [-0.2, 0) is 11.2 Å². The van der Waals surface area contributed by atoms with Crippen LogP contribution in [0.2, 0.25) is 0 Å².